The third-order valence-corrected chi connectivity index (χ3v) is 5.30. The van der Waals surface area contributed by atoms with Crippen LogP contribution in [0.25, 0.3) is 0 Å². The average molecular weight is 429 g/mol. The van der Waals surface area contributed by atoms with Gasteiger partial charge >= 0.3 is 0 Å². The molecule has 0 spiro atoms. The van der Waals surface area contributed by atoms with Crippen LogP contribution in [0.3, 0.4) is 0 Å². The molecule has 3 N–H and O–H groups in total. The van der Waals surface area contributed by atoms with Gasteiger partial charge in [0.25, 0.3) is 0 Å². The molecule has 30 heavy (non-hydrogen) atoms. The van der Waals surface area contributed by atoms with E-state index in [1.165, 1.54) is 17.0 Å². The van der Waals surface area contributed by atoms with Crippen molar-refractivity contribution in [2.24, 2.45) is 5.14 Å². The first-order chi connectivity index (χ1) is 14.3. The number of amides is 2. The second-order valence-corrected chi connectivity index (χ2v) is 8.14. The highest BCUT2D eigenvalue weighted by Gasteiger charge is 2.16. The third-order valence-electron chi connectivity index (χ3n) is 4.37. The predicted octanol–water partition coefficient (Wildman–Crippen LogP) is 1.72. The number of primary sulfonamides is 1. The van der Waals surface area contributed by atoms with E-state index in [9.17, 15) is 18.0 Å². The van der Waals surface area contributed by atoms with Crippen molar-refractivity contribution in [2.45, 2.75) is 30.6 Å². The summed E-state index contributed by atoms with van der Waals surface area (Å²) in [5.41, 5.74) is 1.55. The number of hydrogen-bond acceptors (Lipinski definition) is 5. The van der Waals surface area contributed by atoms with Crippen LogP contribution in [0.5, 0.6) is 0 Å². The molecule has 0 aromatic heterocycles. The van der Waals surface area contributed by atoms with Gasteiger partial charge in [-0.05, 0) is 36.2 Å². The van der Waals surface area contributed by atoms with Gasteiger partial charge in [-0.2, -0.15) is 5.26 Å². The summed E-state index contributed by atoms with van der Waals surface area (Å²) in [5, 5.41) is 16.6. The van der Waals surface area contributed by atoms with E-state index in [4.69, 9.17) is 10.4 Å². The Kier molecular flexibility index (Phi) is 8.53. The highest BCUT2D eigenvalue weighted by Crippen LogP contribution is 2.15. The number of hydrogen-bond donors (Lipinski definition) is 2. The summed E-state index contributed by atoms with van der Waals surface area (Å²) in [5.74, 6) is -0.469. The minimum absolute atomic E-state index is 0.0353. The minimum Gasteiger partial charge on any atom is -0.356 e. The lowest BCUT2D eigenvalue weighted by Gasteiger charge is -2.21. The van der Waals surface area contributed by atoms with Crippen molar-refractivity contribution in [1.29, 1.82) is 5.26 Å². The Labute approximate surface area is 176 Å². The molecule has 2 amide bonds. The van der Waals surface area contributed by atoms with Gasteiger partial charge in [-0.1, -0.05) is 30.3 Å². The number of benzene rings is 2. The number of nitrogens with one attached hydrogen (secondary N) is 1. The smallest absolute Gasteiger partial charge is 0.238 e. The number of rotatable bonds is 10. The molecule has 8 nitrogen and oxygen atoms in total. The molecule has 2 aromatic carbocycles. The van der Waals surface area contributed by atoms with Crippen LogP contribution >= 0.6 is 0 Å². The van der Waals surface area contributed by atoms with Gasteiger partial charge in [0.15, 0.2) is 0 Å². The first-order valence-electron chi connectivity index (χ1n) is 9.42. The fourth-order valence-electron chi connectivity index (χ4n) is 2.80. The molecule has 0 radical (unpaired) electrons. The molecule has 0 aliphatic carbocycles. The lowest BCUT2D eigenvalue weighted by molar-refractivity contribution is -0.125. The van der Waals surface area contributed by atoms with Crippen LogP contribution in [0.4, 0.5) is 5.69 Å². The van der Waals surface area contributed by atoms with Crippen LogP contribution in [-0.4, -0.2) is 33.3 Å². The van der Waals surface area contributed by atoms with Crippen molar-refractivity contribution in [3.63, 3.8) is 0 Å². The van der Waals surface area contributed by atoms with Gasteiger partial charge in [0.1, 0.15) is 0 Å². The molecule has 9 heteroatoms. The molecule has 0 saturated carbocycles. The molecule has 0 bridgehead atoms. The van der Waals surface area contributed by atoms with Crippen LogP contribution < -0.4 is 15.4 Å². The second kappa shape index (κ2) is 11.1. The van der Waals surface area contributed by atoms with E-state index in [1.54, 1.807) is 24.3 Å². The molecule has 0 fully saturated rings. The number of anilines is 1. The zero-order valence-electron chi connectivity index (χ0n) is 16.5. The SMILES string of the molecule is N#CCCN(C(=O)CCC(=O)NCCc1ccc(S(N)(=O)=O)cc1)c1ccccc1. The number of nitrogens with two attached hydrogens (primary N) is 1. The average Bonchev–Trinajstić information content (AvgIpc) is 2.73. The Morgan fingerprint density at radius 3 is 2.30 bits per heavy atom. The summed E-state index contributed by atoms with van der Waals surface area (Å²) < 4.78 is 22.5. The number of nitrogens with zero attached hydrogens (tertiary/aromatic N) is 2. The zero-order chi connectivity index (χ0) is 22.0. The minimum atomic E-state index is -3.73. The monoisotopic (exact) mass is 428 g/mol. The summed E-state index contributed by atoms with van der Waals surface area (Å²) in [6.07, 6.45) is 0.800. The summed E-state index contributed by atoms with van der Waals surface area (Å²) in [7, 11) is -3.73. The van der Waals surface area contributed by atoms with Gasteiger partial charge in [0, 0.05) is 31.6 Å². The molecule has 0 atom stereocenters. The molecule has 0 saturated heterocycles. The van der Waals surface area contributed by atoms with Crippen molar-refractivity contribution >= 4 is 27.5 Å². The lowest BCUT2D eigenvalue weighted by Crippen LogP contribution is -2.33. The maximum absolute atomic E-state index is 12.5. The Morgan fingerprint density at radius 1 is 1.03 bits per heavy atom. The Hall–Kier alpha value is -3.22. The maximum atomic E-state index is 12.5. The first-order valence-corrected chi connectivity index (χ1v) is 11.0. The van der Waals surface area contributed by atoms with E-state index in [2.05, 4.69) is 5.32 Å². The van der Waals surface area contributed by atoms with Gasteiger partial charge in [0.2, 0.25) is 21.8 Å². The first kappa shape index (κ1) is 23.1. The molecule has 0 unspecified atom stereocenters. The normalized spacial score (nSPS) is 10.8. The predicted molar refractivity (Wildman–Crippen MR) is 113 cm³/mol. The van der Waals surface area contributed by atoms with E-state index >= 15 is 0 Å². The molecule has 2 aromatic rings. The van der Waals surface area contributed by atoms with Gasteiger partial charge < -0.3 is 10.2 Å². The van der Waals surface area contributed by atoms with Crippen LogP contribution in [0.15, 0.2) is 59.5 Å². The van der Waals surface area contributed by atoms with Crippen molar-refractivity contribution < 1.29 is 18.0 Å². The van der Waals surface area contributed by atoms with Gasteiger partial charge in [-0.3, -0.25) is 9.59 Å². The van der Waals surface area contributed by atoms with Crippen LogP contribution in [0, 0.1) is 11.3 Å². The highest BCUT2D eigenvalue weighted by molar-refractivity contribution is 7.89. The van der Waals surface area contributed by atoms with Crippen LogP contribution in [0.2, 0.25) is 0 Å². The van der Waals surface area contributed by atoms with Crippen molar-refractivity contribution in [3.8, 4) is 6.07 Å². The Balaban J connectivity index is 1.80. The largest absolute Gasteiger partial charge is 0.356 e. The second-order valence-electron chi connectivity index (χ2n) is 6.58. The summed E-state index contributed by atoms with van der Waals surface area (Å²) in [6, 6.07) is 17.2. The molecular formula is C21H24N4O4S. The fourth-order valence-corrected chi connectivity index (χ4v) is 3.32. The van der Waals surface area contributed by atoms with E-state index in [1.807, 2.05) is 24.3 Å². The van der Waals surface area contributed by atoms with Gasteiger partial charge in [0.05, 0.1) is 17.4 Å². The lowest BCUT2D eigenvalue weighted by atomic mass is 10.1. The topological polar surface area (TPSA) is 133 Å². The number of carbonyl (C=O) groups is 2. The quantitative estimate of drug-likeness (QED) is 0.594. The van der Waals surface area contributed by atoms with Crippen molar-refractivity contribution in [3.05, 3.63) is 60.2 Å². The Morgan fingerprint density at radius 2 is 1.70 bits per heavy atom. The van der Waals surface area contributed by atoms with Crippen molar-refractivity contribution in [2.75, 3.05) is 18.0 Å². The van der Waals surface area contributed by atoms with Crippen molar-refractivity contribution in [1.82, 2.24) is 5.32 Å². The molecule has 2 rings (SSSR count). The number of para-hydroxylation sites is 1. The standard InChI is InChI=1S/C21H24N4O4S/c22-14-4-16-25(18-5-2-1-3-6-18)21(27)12-11-20(26)24-15-13-17-7-9-19(10-8-17)30(23,28)29/h1-3,5-10H,4,11-13,15-16H2,(H,24,26)(H2,23,28,29). The maximum Gasteiger partial charge on any atom is 0.238 e. The third kappa shape index (κ3) is 7.31. The van der Waals surface area contributed by atoms with Gasteiger partial charge in [-0.25, -0.2) is 13.6 Å². The van der Waals surface area contributed by atoms with E-state index in [0.29, 0.717) is 18.7 Å². The van der Waals surface area contributed by atoms with E-state index in [-0.39, 0.29) is 42.5 Å². The number of carbonyl (C=O) groups excluding carboxylic acids is 2. The van der Waals surface area contributed by atoms with E-state index < -0.39 is 10.0 Å². The molecular weight excluding hydrogens is 404 g/mol. The van der Waals surface area contributed by atoms with Gasteiger partial charge in [-0.15, -0.1) is 0 Å². The molecule has 0 heterocycles. The van der Waals surface area contributed by atoms with Crippen LogP contribution in [-0.2, 0) is 26.0 Å². The van der Waals surface area contributed by atoms with E-state index in [0.717, 1.165) is 5.56 Å². The zero-order valence-corrected chi connectivity index (χ0v) is 17.3. The summed E-state index contributed by atoms with van der Waals surface area (Å²) in [6.45, 7) is 0.633. The fraction of sp³-hybridized carbons (Fsp3) is 0.286. The van der Waals surface area contributed by atoms with Crippen LogP contribution in [0.1, 0.15) is 24.8 Å². The highest BCUT2D eigenvalue weighted by atomic mass is 32.2. The molecule has 158 valence electrons. The summed E-state index contributed by atoms with van der Waals surface area (Å²) in [4.78, 5) is 26.2. The molecule has 0 aliphatic heterocycles. The molecule has 0 aliphatic rings. The number of nitriles is 1. The Bertz CT molecular complexity index is 1000. The summed E-state index contributed by atoms with van der Waals surface area (Å²) >= 11 is 0. The number of sulfonamides is 1.